The predicted octanol–water partition coefficient (Wildman–Crippen LogP) is 2.77. The Kier molecular flexibility index (Phi) is 10.6. The topological polar surface area (TPSA) is 80.7 Å². The summed E-state index contributed by atoms with van der Waals surface area (Å²) in [6.07, 6.45) is 4.64. The minimum atomic E-state index is -4.25. The Morgan fingerprint density at radius 3 is 2.32 bits per heavy atom. The minimum absolute atomic E-state index is 0. The Bertz CT molecular complexity index is 559. The van der Waals surface area contributed by atoms with E-state index in [0.29, 0.717) is 6.42 Å². The van der Waals surface area contributed by atoms with Crippen LogP contribution in [0.15, 0.2) is 29.2 Å². The summed E-state index contributed by atoms with van der Waals surface area (Å²) < 4.78 is 35.6. The number of unbranched alkanes of at least 4 members (excludes halogenated alkanes) is 3. The molecule has 120 valence electrons. The second-order valence-corrected chi connectivity index (χ2v) is 6.63. The van der Waals surface area contributed by atoms with Crippen LogP contribution in [0.25, 0.3) is 0 Å². The molecular weight excluding hydrogens is 339 g/mol. The molecule has 0 aromatic heterocycles. The van der Waals surface area contributed by atoms with E-state index in [1.54, 1.807) is 0 Å². The first-order valence-electron chi connectivity index (χ1n) is 6.78. The van der Waals surface area contributed by atoms with Crippen LogP contribution in [-0.4, -0.2) is 53.9 Å². The zero-order valence-electron chi connectivity index (χ0n) is 11.8. The van der Waals surface area contributed by atoms with Crippen molar-refractivity contribution in [1.82, 2.24) is 0 Å². The normalized spacial score (nSPS) is 12.3. The first-order valence-corrected chi connectivity index (χ1v) is 8.65. The Morgan fingerprint density at radius 1 is 1.23 bits per heavy atom. The van der Waals surface area contributed by atoms with Crippen LogP contribution in [0, 0.1) is 0 Å². The number of hydrogen-bond donors (Lipinski definition) is 1. The number of carbonyl (C=O) groups is 1. The van der Waals surface area contributed by atoms with Gasteiger partial charge in [-0.15, -0.1) is 11.6 Å². The van der Waals surface area contributed by atoms with Crippen LogP contribution in [0.3, 0.4) is 0 Å². The molecule has 1 unspecified atom stereocenters. The summed E-state index contributed by atoms with van der Waals surface area (Å²) in [4.78, 5) is 11.5. The summed E-state index contributed by atoms with van der Waals surface area (Å²) in [6, 6.07) is 4.90. The maximum absolute atomic E-state index is 11.7. The maximum atomic E-state index is 11.7. The first kappa shape index (κ1) is 21.9. The van der Waals surface area contributed by atoms with E-state index in [2.05, 4.69) is 6.92 Å². The van der Waals surface area contributed by atoms with Crippen LogP contribution in [0.5, 0.6) is 5.75 Å². The predicted molar refractivity (Wildman–Crippen MR) is 87.4 cm³/mol. The molecule has 0 aliphatic heterocycles. The molecule has 1 aromatic carbocycles. The molecule has 0 amide bonds. The van der Waals surface area contributed by atoms with Crippen molar-refractivity contribution < 1.29 is 22.5 Å². The molecule has 8 heteroatoms. The summed E-state index contributed by atoms with van der Waals surface area (Å²) in [5.41, 5.74) is 0. The van der Waals surface area contributed by atoms with Crippen LogP contribution in [0.2, 0.25) is 0 Å². The average Bonchev–Trinajstić information content (AvgIpc) is 2.43. The van der Waals surface area contributed by atoms with E-state index in [-0.39, 0.29) is 40.2 Å². The molecule has 5 nitrogen and oxygen atoms in total. The molecule has 0 spiro atoms. The molecule has 0 fully saturated rings. The summed E-state index contributed by atoms with van der Waals surface area (Å²) in [5.74, 6) is -0.376. The molecule has 1 N–H and O–H groups in total. The van der Waals surface area contributed by atoms with Crippen molar-refractivity contribution in [3.05, 3.63) is 24.3 Å². The molecule has 0 saturated carbocycles. The number of alkyl halides is 1. The number of esters is 1. The van der Waals surface area contributed by atoms with Crippen molar-refractivity contribution in [2.75, 3.05) is 0 Å². The van der Waals surface area contributed by atoms with Crippen LogP contribution < -0.4 is 4.74 Å². The fourth-order valence-electron chi connectivity index (χ4n) is 1.73. The molecule has 0 heterocycles. The number of ether oxygens (including phenoxy) is 1. The van der Waals surface area contributed by atoms with E-state index in [1.807, 2.05) is 0 Å². The van der Waals surface area contributed by atoms with Crippen molar-refractivity contribution in [2.45, 2.75) is 49.3 Å². The van der Waals surface area contributed by atoms with Crippen molar-refractivity contribution >= 4 is 57.2 Å². The van der Waals surface area contributed by atoms with E-state index in [9.17, 15) is 13.2 Å². The van der Waals surface area contributed by atoms with Crippen LogP contribution >= 0.6 is 11.6 Å². The first-order chi connectivity index (χ1) is 9.84. The third-order valence-corrected chi connectivity index (χ3v) is 4.17. The number of halogens is 1. The second kappa shape index (κ2) is 10.6. The van der Waals surface area contributed by atoms with Gasteiger partial charge in [-0.1, -0.05) is 32.6 Å². The summed E-state index contributed by atoms with van der Waals surface area (Å²) >= 11 is 5.95. The quantitative estimate of drug-likeness (QED) is 0.193. The van der Waals surface area contributed by atoms with Gasteiger partial charge in [-0.25, -0.2) is 0 Å². The molecule has 22 heavy (non-hydrogen) atoms. The zero-order valence-corrected chi connectivity index (χ0v) is 13.4. The third kappa shape index (κ3) is 7.94. The van der Waals surface area contributed by atoms with Gasteiger partial charge in [0.1, 0.15) is 11.1 Å². The van der Waals surface area contributed by atoms with E-state index in [1.165, 1.54) is 12.1 Å². The molecule has 1 atom stereocenters. The van der Waals surface area contributed by atoms with Crippen molar-refractivity contribution in [1.29, 1.82) is 0 Å². The van der Waals surface area contributed by atoms with E-state index in [4.69, 9.17) is 20.9 Å². The summed E-state index contributed by atoms with van der Waals surface area (Å²) in [5, 5.41) is -0.719. The van der Waals surface area contributed by atoms with Gasteiger partial charge >= 0.3 is 35.5 Å². The second-order valence-electron chi connectivity index (χ2n) is 4.68. The Labute approximate surface area is 158 Å². The van der Waals surface area contributed by atoms with Crippen LogP contribution in [0.1, 0.15) is 39.0 Å². The number of carbonyl (C=O) groups excluding carboxylic acids is 1. The Balaban J connectivity index is 0.00000441. The van der Waals surface area contributed by atoms with E-state index in [0.717, 1.165) is 37.8 Å². The average molecular weight is 359 g/mol. The SMILES string of the molecule is CCCCCCC(Cl)C(=O)Oc1ccc(S(=O)(=O)O)cc1.[NaH]. The van der Waals surface area contributed by atoms with Crippen LogP contribution in [0.4, 0.5) is 0 Å². The third-order valence-electron chi connectivity index (χ3n) is 2.91. The van der Waals surface area contributed by atoms with Gasteiger partial charge in [-0.2, -0.15) is 8.42 Å². The number of benzene rings is 1. The molecule has 0 radical (unpaired) electrons. The van der Waals surface area contributed by atoms with Gasteiger partial charge in [0.05, 0.1) is 4.90 Å². The Morgan fingerprint density at radius 2 is 1.82 bits per heavy atom. The van der Waals surface area contributed by atoms with Gasteiger partial charge in [-0.05, 0) is 30.7 Å². The monoisotopic (exact) mass is 358 g/mol. The fraction of sp³-hybridized carbons (Fsp3) is 0.500. The van der Waals surface area contributed by atoms with Gasteiger partial charge in [0.25, 0.3) is 10.1 Å². The van der Waals surface area contributed by atoms with Crippen molar-refractivity contribution in [3.63, 3.8) is 0 Å². The molecular formula is C14H20ClNaO5S. The van der Waals surface area contributed by atoms with Crippen molar-refractivity contribution in [2.24, 2.45) is 0 Å². The van der Waals surface area contributed by atoms with E-state index >= 15 is 0 Å². The van der Waals surface area contributed by atoms with Crippen LogP contribution in [-0.2, 0) is 14.9 Å². The number of rotatable bonds is 8. The Hall–Kier alpha value is -0.110. The standard InChI is InChI=1S/C14H19ClO5S.Na.H/c1-2-3-4-5-6-13(15)14(16)20-11-7-9-12(10-8-11)21(17,18)19;;/h7-10,13H,2-6H2,1H3,(H,17,18,19);;. The molecule has 1 rings (SSSR count). The van der Waals surface area contributed by atoms with Gasteiger partial charge in [0, 0.05) is 0 Å². The number of hydrogen-bond acceptors (Lipinski definition) is 4. The summed E-state index contributed by atoms with van der Waals surface area (Å²) in [7, 11) is -4.25. The van der Waals surface area contributed by atoms with Gasteiger partial charge in [0.2, 0.25) is 0 Å². The molecule has 0 aliphatic rings. The molecule has 0 saturated heterocycles. The van der Waals surface area contributed by atoms with Gasteiger partial charge < -0.3 is 4.74 Å². The van der Waals surface area contributed by atoms with Crippen molar-refractivity contribution in [3.8, 4) is 5.75 Å². The van der Waals surface area contributed by atoms with Gasteiger partial charge in [0.15, 0.2) is 0 Å². The van der Waals surface area contributed by atoms with Gasteiger partial charge in [-0.3, -0.25) is 9.35 Å². The molecule has 1 aromatic rings. The summed E-state index contributed by atoms with van der Waals surface area (Å²) in [6.45, 7) is 2.10. The molecule has 0 bridgehead atoms. The van der Waals surface area contributed by atoms with E-state index < -0.39 is 21.5 Å². The fourth-order valence-corrected chi connectivity index (χ4v) is 2.41. The zero-order chi connectivity index (χ0) is 15.9. The molecule has 0 aliphatic carbocycles.